The normalized spacial score (nSPS) is 10.5. The highest BCUT2D eigenvalue weighted by Crippen LogP contribution is 1.89. The molecule has 0 aromatic heterocycles. The van der Waals surface area contributed by atoms with Gasteiger partial charge in [0, 0.05) is 0 Å². The predicted octanol–water partition coefficient (Wildman–Crippen LogP) is 0.629. The van der Waals surface area contributed by atoms with E-state index in [-0.39, 0.29) is 18.5 Å². The van der Waals surface area contributed by atoms with Gasteiger partial charge in [-0.2, -0.15) is 8.42 Å². The van der Waals surface area contributed by atoms with Crippen molar-refractivity contribution in [3.8, 4) is 0 Å². The summed E-state index contributed by atoms with van der Waals surface area (Å²) in [5.41, 5.74) is 0.820. The van der Waals surface area contributed by atoms with Gasteiger partial charge in [0.05, 0.1) is 19.0 Å². The topological polar surface area (TPSA) is 98.6 Å². The summed E-state index contributed by atoms with van der Waals surface area (Å²) < 4.78 is 33.3. The SMILES string of the molecule is C=C(C)COCCS(=O)(=O)O.N. The Morgan fingerprint density at radius 3 is 2.42 bits per heavy atom. The maximum Gasteiger partial charge on any atom is 0.267 e. The van der Waals surface area contributed by atoms with Crippen molar-refractivity contribution in [2.24, 2.45) is 0 Å². The van der Waals surface area contributed by atoms with Crippen LogP contribution in [0.2, 0.25) is 0 Å². The minimum atomic E-state index is -3.88. The molecule has 0 fully saturated rings. The third-order valence-electron chi connectivity index (χ3n) is 0.834. The summed E-state index contributed by atoms with van der Waals surface area (Å²) in [5.74, 6) is -0.361. The van der Waals surface area contributed by atoms with Crippen LogP contribution in [0.3, 0.4) is 0 Å². The van der Waals surface area contributed by atoms with Crippen molar-refractivity contribution < 1.29 is 17.7 Å². The molecule has 12 heavy (non-hydrogen) atoms. The van der Waals surface area contributed by atoms with E-state index < -0.39 is 10.1 Å². The highest BCUT2D eigenvalue weighted by Gasteiger charge is 2.02. The molecule has 0 saturated heterocycles. The summed E-state index contributed by atoms with van der Waals surface area (Å²) in [6.45, 7) is 5.66. The van der Waals surface area contributed by atoms with Crippen LogP contribution in [0.5, 0.6) is 0 Å². The largest absolute Gasteiger partial charge is 0.376 e. The summed E-state index contributed by atoms with van der Waals surface area (Å²) in [6.07, 6.45) is 0. The van der Waals surface area contributed by atoms with E-state index in [0.29, 0.717) is 6.61 Å². The molecule has 6 heteroatoms. The van der Waals surface area contributed by atoms with Crippen LogP contribution in [0.15, 0.2) is 12.2 Å². The van der Waals surface area contributed by atoms with Gasteiger partial charge in [-0.15, -0.1) is 0 Å². The minimum absolute atomic E-state index is 0. The van der Waals surface area contributed by atoms with E-state index in [1.54, 1.807) is 6.92 Å². The van der Waals surface area contributed by atoms with E-state index in [9.17, 15) is 8.42 Å². The molecular formula is C6H15NO4S. The van der Waals surface area contributed by atoms with Gasteiger partial charge in [0.25, 0.3) is 10.1 Å². The Morgan fingerprint density at radius 1 is 1.58 bits per heavy atom. The molecule has 0 aliphatic heterocycles. The first-order valence-electron chi connectivity index (χ1n) is 3.09. The second kappa shape index (κ2) is 6.13. The second-order valence-corrected chi connectivity index (χ2v) is 3.87. The van der Waals surface area contributed by atoms with Crippen LogP contribution in [0, 0.1) is 0 Å². The zero-order chi connectivity index (χ0) is 8.91. The Labute approximate surface area is 72.8 Å². The molecule has 5 nitrogen and oxygen atoms in total. The van der Waals surface area contributed by atoms with Crippen LogP contribution in [0.25, 0.3) is 0 Å². The van der Waals surface area contributed by atoms with Crippen LogP contribution >= 0.6 is 0 Å². The van der Waals surface area contributed by atoms with Crippen molar-refractivity contribution in [3.63, 3.8) is 0 Å². The number of hydrogen-bond donors (Lipinski definition) is 2. The van der Waals surface area contributed by atoms with E-state index in [0.717, 1.165) is 5.57 Å². The molecule has 0 radical (unpaired) electrons. The number of hydrogen-bond acceptors (Lipinski definition) is 4. The van der Waals surface area contributed by atoms with Gasteiger partial charge < -0.3 is 10.9 Å². The quantitative estimate of drug-likeness (QED) is 0.382. The molecule has 0 amide bonds. The smallest absolute Gasteiger partial charge is 0.267 e. The Bertz CT molecular complexity index is 222. The van der Waals surface area contributed by atoms with Crippen molar-refractivity contribution >= 4 is 10.1 Å². The average Bonchev–Trinajstić information content (AvgIpc) is 1.78. The molecule has 0 aliphatic carbocycles. The minimum Gasteiger partial charge on any atom is -0.376 e. The lowest BCUT2D eigenvalue weighted by Crippen LogP contribution is -2.11. The Balaban J connectivity index is 0. The molecule has 0 spiro atoms. The fourth-order valence-corrected chi connectivity index (χ4v) is 0.739. The van der Waals surface area contributed by atoms with Crippen molar-refractivity contribution in [2.45, 2.75) is 6.92 Å². The van der Waals surface area contributed by atoms with Crippen molar-refractivity contribution in [1.82, 2.24) is 6.15 Å². The monoisotopic (exact) mass is 197 g/mol. The van der Waals surface area contributed by atoms with Crippen molar-refractivity contribution in [2.75, 3.05) is 19.0 Å². The molecular weight excluding hydrogens is 182 g/mol. The standard InChI is InChI=1S/C6H12O4S.H3N/c1-6(2)5-10-3-4-11(7,8)9;/h1,3-5H2,2H3,(H,7,8,9);1H3. The molecule has 4 N–H and O–H groups in total. The summed E-state index contributed by atoms with van der Waals surface area (Å²) in [5, 5.41) is 0. The highest BCUT2D eigenvalue weighted by atomic mass is 32.2. The van der Waals surface area contributed by atoms with E-state index >= 15 is 0 Å². The molecule has 0 rings (SSSR count). The predicted molar refractivity (Wildman–Crippen MR) is 47.1 cm³/mol. The van der Waals surface area contributed by atoms with Crippen LogP contribution < -0.4 is 6.15 Å². The zero-order valence-electron chi connectivity index (χ0n) is 7.12. The molecule has 74 valence electrons. The van der Waals surface area contributed by atoms with Gasteiger partial charge in [0.15, 0.2) is 0 Å². The fourth-order valence-electron chi connectivity index (χ4n) is 0.411. The van der Waals surface area contributed by atoms with Crippen LogP contribution in [-0.2, 0) is 14.9 Å². The van der Waals surface area contributed by atoms with Gasteiger partial charge in [-0.1, -0.05) is 12.2 Å². The molecule has 0 aromatic carbocycles. The second-order valence-electron chi connectivity index (χ2n) is 2.30. The lowest BCUT2D eigenvalue weighted by molar-refractivity contribution is 0.171. The maximum absolute atomic E-state index is 10.1. The first kappa shape index (κ1) is 14.1. The molecule has 0 saturated carbocycles. The number of rotatable bonds is 5. The van der Waals surface area contributed by atoms with Gasteiger partial charge in [-0.25, -0.2) is 0 Å². The van der Waals surface area contributed by atoms with Gasteiger partial charge in [-0.3, -0.25) is 4.55 Å². The zero-order valence-corrected chi connectivity index (χ0v) is 7.93. The van der Waals surface area contributed by atoms with E-state index in [4.69, 9.17) is 9.29 Å². The fraction of sp³-hybridized carbons (Fsp3) is 0.667. The third kappa shape index (κ3) is 12.3. The van der Waals surface area contributed by atoms with Crippen LogP contribution in [0.1, 0.15) is 6.92 Å². The first-order valence-corrected chi connectivity index (χ1v) is 4.70. The summed E-state index contributed by atoms with van der Waals surface area (Å²) in [6, 6.07) is 0. The first-order chi connectivity index (χ1) is 4.92. The Kier molecular flexibility index (Phi) is 7.21. The highest BCUT2D eigenvalue weighted by molar-refractivity contribution is 7.85. The van der Waals surface area contributed by atoms with Crippen molar-refractivity contribution in [1.29, 1.82) is 0 Å². The molecule has 0 unspecified atom stereocenters. The summed E-state index contributed by atoms with van der Waals surface area (Å²) in [4.78, 5) is 0. The van der Waals surface area contributed by atoms with Gasteiger partial charge >= 0.3 is 0 Å². The Hall–Kier alpha value is -0.430. The molecule has 0 aromatic rings. The van der Waals surface area contributed by atoms with Gasteiger partial charge in [0.2, 0.25) is 0 Å². The van der Waals surface area contributed by atoms with E-state index in [1.165, 1.54) is 0 Å². The molecule has 0 aliphatic rings. The summed E-state index contributed by atoms with van der Waals surface area (Å²) >= 11 is 0. The number of ether oxygens (including phenoxy) is 1. The van der Waals surface area contributed by atoms with E-state index in [2.05, 4.69) is 6.58 Å². The van der Waals surface area contributed by atoms with Crippen LogP contribution in [0.4, 0.5) is 0 Å². The maximum atomic E-state index is 10.1. The van der Waals surface area contributed by atoms with Gasteiger partial charge in [-0.05, 0) is 6.92 Å². The molecule has 0 heterocycles. The third-order valence-corrected chi connectivity index (χ3v) is 1.52. The molecule has 0 bridgehead atoms. The average molecular weight is 197 g/mol. The van der Waals surface area contributed by atoms with Crippen molar-refractivity contribution in [3.05, 3.63) is 12.2 Å². The molecule has 0 atom stereocenters. The Morgan fingerprint density at radius 2 is 2.08 bits per heavy atom. The summed E-state index contributed by atoms with van der Waals surface area (Å²) in [7, 11) is -3.88. The lowest BCUT2D eigenvalue weighted by atomic mass is 10.4. The van der Waals surface area contributed by atoms with Crippen LogP contribution in [-0.4, -0.2) is 31.9 Å². The van der Waals surface area contributed by atoms with E-state index in [1.807, 2.05) is 0 Å². The lowest BCUT2D eigenvalue weighted by Gasteiger charge is -2.00. The van der Waals surface area contributed by atoms with Gasteiger partial charge in [0.1, 0.15) is 0 Å².